The van der Waals surface area contributed by atoms with Crippen molar-refractivity contribution in [2.24, 2.45) is 0 Å². The van der Waals surface area contributed by atoms with E-state index in [4.69, 9.17) is 5.73 Å². The molecule has 0 aliphatic heterocycles. The van der Waals surface area contributed by atoms with Crippen LogP contribution in [0.2, 0.25) is 0 Å². The van der Waals surface area contributed by atoms with Gasteiger partial charge in [0, 0.05) is 5.39 Å². The molecule has 0 fully saturated rings. The van der Waals surface area contributed by atoms with Crippen molar-refractivity contribution < 1.29 is 0 Å². The van der Waals surface area contributed by atoms with Crippen LogP contribution in [0.25, 0.3) is 10.9 Å². The van der Waals surface area contributed by atoms with E-state index in [0.717, 1.165) is 17.3 Å². The Bertz CT molecular complexity index is 480. The monoisotopic (exact) mass is 215 g/mol. The van der Waals surface area contributed by atoms with Crippen LogP contribution < -0.4 is 5.73 Å². The Morgan fingerprint density at radius 1 is 1.19 bits per heavy atom. The average molecular weight is 215 g/mol. The fraction of sp³-hybridized carbons (Fsp3) is 0.385. The molecular weight excluding hydrogens is 198 g/mol. The second-order valence-electron chi connectivity index (χ2n) is 4.07. The molecule has 1 heterocycles. The van der Waals surface area contributed by atoms with Gasteiger partial charge in [0.15, 0.2) is 0 Å². The first-order valence-corrected chi connectivity index (χ1v) is 5.80. The Hall–Kier alpha value is -1.64. The Labute approximate surface area is 95.7 Å². The maximum Gasteiger partial charge on any atom is 0.134 e. The topological polar surface area (TPSA) is 51.8 Å². The van der Waals surface area contributed by atoms with Gasteiger partial charge in [-0.1, -0.05) is 25.8 Å². The zero-order valence-corrected chi connectivity index (χ0v) is 9.61. The van der Waals surface area contributed by atoms with Crippen molar-refractivity contribution in [2.45, 2.75) is 32.6 Å². The third-order valence-electron chi connectivity index (χ3n) is 2.80. The second kappa shape index (κ2) is 4.92. The Kier molecular flexibility index (Phi) is 3.34. The summed E-state index contributed by atoms with van der Waals surface area (Å²) in [6.07, 6.45) is 6.41. The van der Waals surface area contributed by atoms with E-state index in [1.54, 1.807) is 0 Å². The normalized spacial score (nSPS) is 10.8. The first-order chi connectivity index (χ1) is 7.81. The van der Waals surface area contributed by atoms with E-state index in [0.29, 0.717) is 5.82 Å². The average Bonchev–Trinajstić information content (AvgIpc) is 2.30. The van der Waals surface area contributed by atoms with E-state index < -0.39 is 0 Å². The van der Waals surface area contributed by atoms with Gasteiger partial charge in [-0.2, -0.15) is 0 Å². The molecule has 0 spiro atoms. The molecule has 0 unspecified atom stereocenters. The zero-order valence-electron chi connectivity index (χ0n) is 9.61. The SMILES string of the molecule is CCCCCc1ccc2c(N)ncnc2c1. The molecule has 0 saturated heterocycles. The Morgan fingerprint density at radius 3 is 2.88 bits per heavy atom. The highest BCUT2D eigenvalue weighted by Crippen LogP contribution is 2.18. The van der Waals surface area contributed by atoms with Gasteiger partial charge in [-0.15, -0.1) is 0 Å². The third-order valence-corrected chi connectivity index (χ3v) is 2.80. The number of unbranched alkanes of at least 4 members (excludes halogenated alkanes) is 2. The molecule has 0 bridgehead atoms. The maximum atomic E-state index is 5.78. The van der Waals surface area contributed by atoms with E-state index in [9.17, 15) is 0 Å². The molecule has 3 heteroatoms. The van der Waals surface area contributed by atoms with E-state index in [1.165, 1.54) is 31.2 Å². The fourth-order valence-electron chi connectivity index (χ4n) is 1.86. The highest BCUT2D eigenvalue weighted by atomic mass is 14.9. The van der Waals surface area contributed by atoms with Gasteiger partial charge >= 0.3 is 0 Å². The summed E-state index contributed by atoms with van der Waals surface area (Å²) < 4.78 is 0. The number of nitrogen functional groups attached to an aromatic ring is 1. The van der Waals surface area contributed by atoms with Crippen LogP contribution in [0.3, 0.4) is 0 Å². The van der Waals surface area contributed by atoms with E-state index in [2.05, 4.69) is 29.0 Å². The smallest absolute Gasteiger partial charge is 0.134 e. The van der Waals surface area contributed by atoms with Gasteiger partial charge in [0.05, 0.1) is 5.52 Å². The minimum Gasteiger partial charge on any atom is -0.383 e. The Balaban J connectivity index is 2.23. The molecule has 0 atom stereocenters. The van der Waals surface area contributed by atoms with Crippen LogP contribution in [-0.2, 0) is 6.42 Å². The third kappa shape index (κ3) is 2.30. The molecule has 84 valence electrons. The summed E-state index contributed by atoms with van der Waals surface area (Å²) in [4.78, 5) is 8.22. The molecule has 2 rings (SSSR count). The molecule has 2 aromatic rings. The standard InChI is InChI=1S/C13H17N3/c1-2-3-4-5-10-6-7-11-12(8-10)15-9-16-13(11)14/h6-9H,2-5H2,1H3,(H2,14,15,16). The lowest BCUT2D eigenvalue weighted by atomic mass is 10.1. The lowest BCUT2D eigenvalue weighted by molar-refractivity contribution is 0.718. The molecule has 3 nitrogen and oxygen atoms in total. The molecule has 16 heavy (non-hydrogen) atoms. The molecule has 0 aliphatic rings. The van der Waals surface area contributed by atoms with Gasteiger partial charge < -0.3 is 5.73 Å². The molecule has 0 aliphatic carbocycles. The van der Waals surface area contributed by atoms with Crippen molar-refractivity contribution in [3.8, 4) is 0 Å². The number of hydrogen-bond acceptors (Lipinski definition) is 3. The van der Waals surface area contributed by atoms with E-state index in [1.807, 2.05) is 6.07 Å². The number of benzene rings is 1. The summed E-state index contributed by atoms with van der Waals surface area (Å²) in [5.74, 6) is 0.560. The van der Waals surface area contributed by atoms with Crippen molar-refractivity contribution in [3.05, 3.63) is 30.1 Å². The number of nitrogens with two attached hydrogens (primary N) is 1. The van der Waals surface area contributed by atoms with Gasteiger partial charge in [0.2, 0.25) is 0 Å². The highest BCUT2D eigenvalue weighted by Gasteiger charge is 2.01. The van der Waals surface area contributed by atoms with Crippen molar-refractivity contribution >= 4 is 16.7 Å². The Morgan fingerprint density at radius 2 is 2.06 bits per heavy atom. The van der Waals surface area contributed by atoms with Crippen LogP contribution in [0.15, 0.2) is 24.5 Å². The number of fused-ring (bicyclic) bond motifs is 1. The largest absolute Gasteiger partial charge is 0.383 e. The number of aromatic nitrogens is 2. The molecule has 0 amide bonds. The first-order valence-electron chi connectivity index (χ1n) is 5.80. The fourth-order valence-corrected chi connectivity index (χ4v) is 1.86. The van der Waals surface area contributed by atoms with Crippen LogP contribution in [0, 0.1) is 0 Å². The molecule has 0 saturated carbocycles. The van der Waals surface area contributed by atoms with Crippen molar-refractivity contribution in [2.75, 3.05) is 5.73 Å². The summed E-state index contributed by atoms with van der Waals surface area (Å²) in [5.41, 5.74) is 8.06. The number of hydrogen-bond donors (Lipinski definition) is 1. The second-order valence-corrected chi connectivity index (χ2v) is 4.07. The number of rotatable bonds is 4. The van der Waals surface area contributed by atoms with Crippen molar-refractivity contribution in [1.29, 1.82) is 0 Å². The lowest BCUT2D eigenvalue weighted by Crippen LogP contribution is -1.94. The van der Waals surface area contributed by atoms with E-state index >= 15 is 0 Å². The van der Waals surface area contributed by atoms with Gasteiger partial charge in [0.1, 0.15) is 12.1 Å². The van der Waals surface area contributed by atoms with Gasteiger partial charge in [-0.3, -0.25) is 0 Å². The lowest BCUT2D eigenvalue weighted by Gasteiger charge is -2.04. The van der Waals surface area contributed by atoms with Crippen LogP contribution in [-0.4, -0.2) is 9.97 Å². The quantitative estimate of drug-likeness (QED) is 0.798. The molecule has 0 radical (unpaired) electrons. The number of aryl methyl sites for hydroxylation is 1. The predicted octanol–water partition coefficient (Wildman–Crippen LogP) is 2.94. The summed E-state index contributed by atoms with van der Waals surface area (Å²) in [6.45, 7) is 2.22. The van der Waals surface area contributed by atoms with E-state index in [-0.39, 0.29) is 0 Å². The van der Waals surface area contributed by atoms with Gasteiger partial charge in [0.25, 0.3) is 0 Å². The number of nitrogens with zero attached hydrogens (tertiary/aromatic N) is 2. The molecule has 1 aromatic heterocycles. The minimum atomic E-state index is 0.560. The first kappa shape index (κ1) is 10.9. The molecule has 1 aromatic carbocycles. The highest BCUT2D eigenvalue weighted by molar-refractivity contribution is 5.87. The molecular formula is C13H17N3. The van der Waals surface area contributed by atoms with Crippen molar-refractivity contribution in [3.63, 3.8) is 0 Å². The predicted molar refractivity (Wildman–Crippen MR) is 67.2 cm³/mol. The van der Waals surface area contributed by atoms with Crippen LogP contribution in [0.4, 0.5) is 5.82 Å². The summed E-state index contributed by atoms with van der Waals surface area (Å²) in [7, 11) is 0. The van der Waals surface area contributed by atoms with Gasteiger partial charge in [-0.25, -0.2) is 9.97 Å². The van der Waals surface area contributed by atoms with Crippen LogP contribution >= 0.6 is 0 Å². The number of anilines is 1. The maximum absolute atomic E-state index is 5.78. The summed E-state index contributed by atoms with van der Waals surface area (Å²) >= 11 is 0. The van der Waals surface area contributed by atoms with Crippen molar-refractivity contribution in [1.82, 2.24) is 9.97 Å². The zero-order chi connectivity index (χ0) is 11.4. The molecule has 2 N–H and O–H groups in total. The summed E-state index contributed by atoms with van der Waals surface area (Å²) in [6, 6.07) is 6.26. The summed E-state index contributed by atoms with van der Waals surface area (Å²) in [5, 5.41) is 0.946. The van der Waals surface area contributed by atoms with Crippen LogP contribution in [0.1, 0.15) is 31.7 Å². The minimum absolute atomic E-state index is 0.560. The van der Waals surface area contributed by atoms with Crippen LogP contribution in [0.5, 0.6) is 0 Å². The van der Waals surface area contributed by atoms with Gasteiger partial charge in [-0.05, 0) is 30.5 Å².